The molecule has 0 spiro atoms. The Morgan fingerprint density at radius 2 is 1.65 bits per heavy atom. The molecule has 1 aromatic carbocycles. The SMILES string of the molecule is Cc1ccc(C2(c3noc(CN4CCN(Cc5nccn5C)CC4)n3)CCCC2)cc1. The molecule has 31 heavy (non-hydrogen) atoms. The quantitative estimate of drug-likeness (QED) is 0.610. The third-order valence-electron chi connectivity index (χ3n) is 7.07. The lowest BCUT2D eigenvalue weighted by Crippen LogP contribution is -2.45. The first-order chi connectivity index (χ1) is 15.1. The first-order valence-corrected chi connectivity index (χ1v) is 11.4. The van der Waals surface area contributed by atoms with Crippen molar-refractivity contribution in [2.75, 3.05) is 26.2 Å². The molecule has 7 nitrogen and oxygen atoms in total. The zero-order chi connectivity index (χ0) is 21.3. The molecule has 0 bridgehead atoms. The Bertz CT molecular complexity index is 993. The maximum absolute atomic E-state index is 5.75. The number of aromatic nitrogens is 4. The van der Waals surface area contributed by atoms with E-state index in [9.17, 15) is 0 Å². The maximum Gasteiger partial charge on any atom is 0.240 e. The van der Waals surface area contributed by atoms with E-state index in [0.29, 0.717) is 0 Å². The van der Waals surface area contributed by atoms with Gasteiger partial charge >= 0.3 is 0 Å². The lowest BCUT2D eigenvalue weighted by atomic mass is 9.78. The summed E-state index contributed by atoms with van der Waals surface area (Å²) in [6.45, 7) is 7.83. The molecule has 0 unspecified atom stereocenters. The van der Waals surface area contributed by atoms with Crippen LogP contribution in [0.3, 0.4) is 0 Å². The average Bonchev–Trinajstić information content (AvgIpc) is 3.53. The Morgan fingerprint density at radius 1 is 0.968 bits per heavy atom. The highest BCUT2D eigenvalue weighted by molar-refractivity contribution is 5.35. The van der Waals surface area contributed by atoms with Gasteiger partial charge in [0, 0.05) is 45.6 Å². The van der Waals surface area contributed by atoms with E-state index in [1.807, 2.05) is 12.4 Å². The van der Waals surface area contributed by atoms with Gasteiger partial charge in [0.2, 0.25) is 5.89 Å². The van der Waals surface area contributed by atoms with Crippen LogP contribution in [0.15, 0.2) is 41.2 Å². The number of benzene rings is 1. The van der Waals surface area contributed by atoms with Crippen molar-refractivity contribution in [2.24, 2.45) is 7.05 Å². The predicted molar refractivity (Wildman–Crippen MR) is 118 cm³/mol. The Balaban J connectivity index is 1.23. The number of imidazole rings is 1. The van der Waals surface area contributed by atoms with Crippen LogP contribution in [0.2, 0.25) is 0 Å². The fraction of sp³-hybridized carbons (Fsp3) is 0.542. The summed E-state index contributed by atoms with van der Waals surface area (Å²) >= 11 is 0. The van der Waals surface area contributed by atoms with Gasteiger partial charge in [0.1, 0.15) is 5.82 Å². The number of aryl methyl sites for hydroxylation is 2. The Morgan fingerprint density at radius 3 is 2.29 bits per heavy atom. The second kappa shape index (κ2) is 8.55. The molecule has 0 atom stereocenters. The standard InChI is InChI=1S/C24H32N6O/c1-19-5-7-20(8-6-19)24(9-3-4-10-24)23-26-22(31-27-23)18-30-15-13-29(14-16-30)17-21-25-11-12-28(21)2/h5-8,11-12H,3-4,9-10,13-18H2,1-2H3. The Hall–Kier alpha value is -2.51. The van der Waals surface area contributed by atoms with Gasteiger partial charge in [0.15, 0.2) is 5.82 Å². The lowest BCUT2D eigenvalue weighted by Gasteiger charge is -2.33. The Labute approximate surface area is 184 Å². The highest BCUT2D eigenvalue weighted by Gasteiger charge is 2.41. The summed E-state index contributed by atoms with van der Waals surface area (Å²) in [5.41, 5.74) is 2.52. The van der Waals surface area contributed by atoms with E-state index in [2.05, 4.69) is 62.7 Å². The van der Waals surface area contributed by atoms with Crippen molar-refractivity contribution in [3.63, 3.8) is 0 Å². The van der Waals surface area contributed by atoms with Crippen LogP contribution < -0.4 is 0 Å². The molecule has 1 aliphatic heterocycles. The summed E-state index contributed by atoms with van der Waals surface area (Å²) in [6.07, 6.45) is 8.51. The molecule has 3 heterocycles. The zero-order valence-electron chi connectivity index (χ0n) is 18.6. The first-order valence-electron chi connectivity index (χ1n) is 11.4. The van der Waals surface area contributed by atoms with E-state index < -0.39 is 0 Å². The van der Waals surface area contributed by atoms with Gasteiger partial charge in [0.05, 0.1) is 18.5 Å². The molecule has 0 amide bonds. The number of piperazine rings is 1. The highest BCUT2D eigenvalue weighted by Crippen LogP contribution is 2.45. The lowest BCUT2D eigenvalue weighted by molar-refractivity contribution is 0.109. The summed E-state index contributed by atoms with van der Waals surface area (Å²) in [4.78, 5) is 14.2. The van der Waals surface area contributed by atoms with Crippen molar-refractivity contribution in [2.45, 2.75) is 51.1 Å². The van der Waals surface area contributed by atoms with E-state index in [-0.39, 0.29) is 5.41 Å². The molecular weight excluding hydrogens is 388 g/mol. The summed E-state index contributed by atoms with van der Waals surface area (Å²) < 4.78 is 7.84. The minimum Gasteiger partial charge on any atom is -0.338 e. The normalized spacial score (nSPS) is 19.8. The highest BCUT2D eigenvalue weighted by atomic mass is 16.5. The average molecular weight is 421 g/mol. The molecule has 3 aromatic rings. The van der Waals surface area contributed by atoms with E-state index in [1.54, 1.807) is 0 Å². The number of hydrogen-bond acceptors (Lipinski definition) is 6. The van der Waals surface area contributed by atoms with E-state index >= 15 is 0 Å². The van der Waals surface area contributed by atoms with Crippen LogP contribution in [-0.4, -0.2) is 55.7 Å². The van der Waals surface area contributed by atoms with E-state index in [4.69, 9.17) is 9.51 Å². The molecule has 1 saturated heterocycles. The van der Waals surface area contributed by atoms with Crippen LogP contribution in [0, 0.1) is 6.92 Å². The molecule has 1 aliphatic carbocycles. The predicted octanol–water partition coefficient (Wildman–Crippen LogP) is 3.29. The fourth-order valence-corrected chi connectivity index (χ4v) is 5.05. The molecule has 7 heteroatoms. The number of hydrogen-bond donors (Lipinski definition) is 0. The second-order valence-electron chi connectivity index (χ2n) is 9.17. The Kier molecular flexibility index (Phi) is 5.63. The van der Waals surface area contributed by atoms with Crippen molar-refractivity contribution >= 4 is 0 Å². The van der Waals surface area contributed by atoms with Crippen LogP contribution in [-0.2, 0) is 25.6 Å². The van der Waals surface area contributed by atoms with Crippen LogP contribution in [0.25, 0.3) is 0 Å². The minimum atomic E-state index is -0.0871. The maximum atomic E-state index is 5.75. The van der Waals surface area contributed by atoms with Crippen molar-refractivity contribution in [1.82, 2.24) is 29.5 Å². The summed E-state index contributed by atoms with van der Waals surface area (Å²) in [5.74, 6) is 2.73. The molecule has 2 aliphatic rings. The smallest absolute Gasteiger partial charge is 0.240 e. The second-order valence-corrected chi connectivity index (χ2v) is 9.17. The number of rotatable bonds is 6. The molecule has 1 saturated carbocycles. The first kappa shape index (κ1) is 20.4. The van der Waals surface area contributed by atoms with E-state index in [1.165, 1.54) is 24.0 Å². The largest absolute Gasteiger partial charge is 0.338 e. The van der Waals surface area contributed by atoms with Gasteiger partial charge in [-0.25, -0.2) is 4.98 Å². The van der Waals surface area contributed by atoms with Crippen LogP contribution >= 0.6 is 0 Å². The van der Waals surface area contributed by atoms with Crippen LogP contribution in [0.5, 0.6) is 0 Å². The molecule has 2 fully saturated rings. The molecule has 0 N–H and O–H groups in total. The number of nitrogens with zero attached hydrogens (tertiary/aromatic N) is 6. The molecule has 0 radical (unpaired) electrons. The molecule has 5 rings (SSSR count). The van der Waals surface area contributed by atoms with Crippen molar-refractivity contribution < 1.29 is 4.52 Å². The molecule has 164 valence electrons. The van der Waals surface area contributed by atoms with Crippen molar-refractivity contribution in [3.8, 4) is 0 Å². The topological polar surface area (TPSA) is 63.2 Å². The monoisotopic (exact) mass is 420 g/mol. The van der Waals surface area contributed by atoms with Gasteiger partial charge in [0.25, 0.3) is 0 Å². The molecule has 2 aromatic heterocycles. The van der Waals surface area contributed by atoms with Crippen LogP contribution in [0.4, 0.5) is 0 Å². The van der Waals surface area contributed by atoms with Crippen LogP contribution in [0.1, 0.15) is 54.3 Å². The van der Waals surface area contributed by atoms with Gasteiger partial charge in [-0.15, -0.1) is 0 Å². The minimum absolute atomic E-state index is 0.0871. The third-order valence-corrected chi connectivity index (χ3v) is 7.07. The summed E-state index contributed by atoms with van der Waals surface area (Å²) in [5, 5.41) is 4.48. The van der Waals surface area contributed by atoms with Gasteiger partial charge in [-0.3, -0.25) is 9.80 Å². The molecular formula is C24H32N6O. The van der Waals surface area contributed by atoms with E-state index in [0.717, 1.165) is 69.6 Å². The zero-order valence-corrected chi connectivity index (χ0v) is 18.6. The van der Waals surface area contributed by atoms with Gasteiger partial charge < -0.3 is 9.09 Å². The van der Waals surface area contributed by atoms with Gasteiger partial charge in [-0.1, -0.05) is 47.8 Å². The van der Waals surface area contributed by atoms with Crippen molar-refractivity contribution in [3.05, 3.63) is 65.3 Å². The summed E-state index contributed by atoms with van der Waals surface area (Å²) in [6, 6.07) is 8.89. The van der Waals surface area contributed by atoms with Crippen molar-refractivity contribution in [1.29, 1.82) is 0 Å². The van der Waals surface area contributed by atoms with Gasteiger partial charge in [-0.2, -0.15) is 4.98 Å². The fourth-order valence-electron chi connectivity index (χ4n) is 5.05. The summed E-state index contributed by atoms with van der Waals surface area (Å²) in [7, 11) is 2.06. The van der Waals surface area contributed by atoms with Gasteiger partial charge in [-0.05, 0) is 25.3 Å². The third kappa shape index (κ3) is 4.16.